The number of carbonyl (C=O) groups excluding carboxylic acids is 1. The third-order valence-electron chi connectivity index (χ3n) is 3.95. The summed E-state index contributed by atoms with van der Waals surface area (Å²) < 4.78 is 10.4. The van der Waals surface area contributed by atoms with Crippen molar-refractivity contribution in [3.05, 3.63) is 0 Å². The highest BCUT2D eigenvalue weighted by Crippen LogP contribution is 2.04. The van der Waals surface area contributed by atoms with Crippen molar-refractivity contribution in [1.29, 1.82) is 0 Å². The summed E-state index contributed by atoms with van der Waals surface area (Å²) in [4.78, 5) is 15.9. The molecule has 0 heterocycles. The van der Waals surface area contributed by atoms with Crippen molar-refractivity contribution >= 4 is 5.97 Å². The quantitative estimate of drug-likeness (QED) is 0.302. The second-order valence-corrected chi connectivity index (χ2v) is 6.28. The maximum atomic E-state index is 11.3. The number of ether oxygens (including phenoxy) is 2. The van der Waals surface area contributed by atoms with Crippen LogP contribution in [0, 0.1) is 0 Å². The number of hydrogen-bond donors (Lipinski definition) is 2. The fraction of sp³-hybridized carbons (Fsp3) is 0.941. The molecule has 0 spiro atoms. The summed E-state index contributed by atoms with van der Waals surface area (Å²) in [5.41, 5.74) is 0. The largest absolute Gasteiger partial charge is 0.467 e. The van der Waals surface area contributed by atoms with Gasteiger partial charge in [0.1, 0.15) is 6.61 Å². The molecule has 0 saturated carbocycles. The van der Waals surface area contributed by atoms with Crippen LogP contribution in [0.5, 0.6) is 0 Å². The Morgan fingerprint density at radius 3 is 2.12 bits per heavy atom. The van der Waals surface area contributed by atoms with E-state index in [1.54, 1.807) is 0 Å². The predicted octanol–water partition coefficient (Wildman–Crippen LogP) is 0.0173. The molecule has 0 aromatic heterocycles. The van der Waals surface area contributed by atoms with Gasteiger partial charge in [0, 0.05) is 13.1 Å². The minimum atomic E-state index is -0.319. The van der Waals surface area contributed by atoms with Crippen LogP contribution < -0.4 is 10.6 Å². The highest BCUT2D eigenvalue weighted by molar-refractivity contribution is 5.70. The lowest BCUT2D eigenvalue weighted by Gasteiger charge is -2.26. The fourth-order valence-corrected chi connectivity index (χ4v) is 2.44. The molecule has 0 saturated heterocycles. The zero-order valence-electron chi connectivity index (χ0n) is 16.3. The average Bonchev–Trinajstić information content (AvgIpc) is 2.57. The Labute approximate surface area is 148 Å². The third-order valence-corrected chi connectivity index (χ3v) is 3.95. The standard InChI is InChI=1S/C17H38N4O3/c1-18-9-6-11-20(3)13-8-16(24-15-17(22)23-5)14-21(4)12-7-10-19-2/h16,18-19H,6-15H2,1-5H3. The van der Waals surface area contributed by atoms with Crippen molar-refractivity contribution in [1.82, 2.24) is 20.4 Å². The van der Waals surface area contributed by atoms with E-state index in [1.165, 1.54) is 7.11 Å². The number of rotatable bonds is 16. The summed E-state index contributed by atoms with van der Waals surface area (Å²) in [7, 11) is 9.55. The van der Waals surface area contributed by atoms with Crippen LogP contribution in [0.3, 0.4) is 0 Å². The number of likely N-dealkylation sites (N-methyl/N-ethyl adjacent to an activating group) is 1. The van der Waals surface area contributed by atoms with Gasteiger partial charge >= 0.3 is 5.97 Å². The molecule has 7 nitrogen and oxygen atoms in total. The van der Waals surface area contributed by atoms with Crippen LogP contribution in [0.4, 0.5) is 0 Å². The van der Waals surface area contributed by atoms with Crippen molar-refractivity contribution in [3.8, 4) is 0 Å². The Kier molecular flexibility index (Phi) is 15.3. The first-order valence-corrected chi connectivity index (χ1v) is 8.88. The molecule has 0 rings (SSSR count). The number of nitrogens with zero attached hydrogens (tertiary/aromatic N) is 2. The SMILES string of the molecule is CNCCCN(C)CCC(CN(C)CCCNC)OCC(=O)OC. The van der Waals surface area contributed by atoms with Crippen molar-refractivity contribution in [2.75, 3.05) is 81.2 Å². The molecule has 0 bridgehead atoms. The highest BCUT2D eigenvalue weighted by Gasteiger charge is 2.15. The van der Waals surface area contributed by atoms with Crippen LogP contribution in [0.1, 0.15) is 19.3 Å². The fourth-order valence-electron chi connectivity index (χ4n) is 2.44. The molecule has 7 heteroatoms. The molecule has 0 aromatic carbocycles. The van der Waals surface area contributed by atoms with E-state index in [9.17, 15) is 4.79 Å². The molecule has 0 aliphatic heterocycles. The number of carbonyl (C=O) groups is 1. The van der Waals surface area contributed by atoms with Crippen molar-refractivity contribution < 1.29 is 14.3 Å². The molecule has 2 N–H and O–H groups in total. The van der Waals surface area contributed by atoms with Gasteiger partial charge in [0.05, 0.1) is 13.2 Å². The van der Waals surface area contributed by atoms with Gasteiger partial charge in [0.25, 0.3) is 0 Å². The van der Waals surface area contributed by atoms with Crippen LogP contribution in [0.2, 0.25) is 0 Å². The lowest BCUT2D eigenvalue weighted by atomic mass is 10.2. The molecule has 1 unspecified atom stereocenters. The molecule has 0 aliphatic carbocycles. The minimum absolute atomic E-state index is 0.0228. The van der Waals surface area contributed by atoms with E-state index >= 15 is 0 Å². The highest BCUT2D eigenvalue weighted by atomic mass is 16.6. The van der Waals surface area contributed by atoms with Gasteiger partial charge in [-0.2, -0.15) is 0 Å². The molecular weight excluding hydrogens is 308 g/mol. The number of esters is 1. The Morgan fingerprint density at radius 2 is 1.58 bits per heavy atom. The van der Waals surface area contributed by atoms with Gasteiger partial charge in [0.2, 0.25) is 0 Å². The van der Waals surface area contributed by atoms with Gasteiger partial charge in [-0.25, -0.2) is 4.79 Å². The van der Waals surface area contributed by atoms with Gasteiger partial charge in [-0.3, -0.25) is 0 Å². The molecule has 0 aliphatic rings. The van der Waals surface area contributed by atoms with E-state index in [1.807, 2.05) is 14.1 Å². The number of hydrogen-bond acceptors (Lipinski definition) is 7. The van der Waals surface area contributed by atoms with Crippen LogP contribution in [0.25, 0.3) is 0 Å². The molecule has 1 atom stereocenters. The lowest BCUT2D eigenvalue weighted by molar-refractivity contribution is -0.148. The third kappa shape index (κ3) is 13.7. The first kappa shape index (κ1) is 23.3. The zero-order valence-corrected chi connectivity index (χ0v) is 16.3. The molecule has 0 amide bonds. The smallest absolute Gasteiger partial charge is 0.331 e. The van der Waals surface area contributed by atoms with Crippen LogP contribution >= 0.6 is 0 Å². The van der Waals surface area contributed by atoms with Gasteiger partial charge < -0.3 is 29.9 Å². The van der Waals surface area contributed by atoms with Crippen molar-refractivity contribution in [2.45, 2.75) is 25.4 Å². The van der Waals surface area contributed by atoms with Crippen LogP contribution in [0.15, 0.2) is 0 Å². The van der Waals surface area contributed by atoms with Crippen LogP contribution in [-0.2, 0) is 14.3 Å². The Morgan fingerprint density at radius 1 is 1.00 bits per heavy atom. The molecule has 0 fully saturated rings. The normalized spacial score (nSPS) is 12.8. The van der Waals surface area contributed by atoms with E-state index in [0.717, 1.165) is 58.5 Å². The molecule has 24 heavy (non-hydrogen) atoms. The molecule has 0 aromatic rings. The maximum Gasteiger partial charge on any atom is 0.331 e. The van der Waals surface area contributed by atoms with Crippen molar-refractivity contribution in [2.24, 2.45) is 0 Å². The van der Waals surface area contributed by atoms with Gasteiger partial charge in [0.15, 0.2) is 0 Å². The second kappa shape index (κ2) is 15.8. The summed E-state index contributed by atoms with van der Waals surface area (Å²) in [5.74, 6) is -0.319. The summed E-state index contributed by atoms with van der Waals surface area (Å²) in [6, 6.07) is 0. The van der Waals surface area contributed by atoms with Gasteiger partial charge in [-0.1, -0.05) is 0 Å². The maximum absolute atomic E-state index is 11.3. The first-order valence-electron chi connectivity index (χ1n) is 8.88. The van der Waals surface area contributed by atoms with E-state index in [2.05, 4.69) is 39.3 Å². The number of methoxy groups -OCH3 is 1. The Balaban J connectivity index is 4.22. The van der Waals surface area contributed by atoms with Crippen LogP contribution in [-0.4, -0.2) is 103 Å². The second-order valence-electron chi connectivity index (χ2n) is 6.28. The number of nitrogens with one attached hydrogen (secondary N) is 2. The average molecular weight is 347 g/mol. The topological polar surface area (TPSA) is 66.1 Å². The summed E-state index contributed by atoms with van der Waals surface area (Å²) in [6.45, 7) is 5.91. The summed E-state index contributed by atoms with van der Waals surface area (Å²) >= 11 is 0. The first-order chi connectivity index (χ1) is 11.5. The molecular formula is C17H38N4O3. The summed E-state index contributed by atoms with van der Waals surface area (Å²) in [6.07, 6.45) is 3.17. The summed E-state index contributed by atoms with van der Waals surface area (Å²) in [5, 5.41) is 6.32. The zero-order chi connectivity index (χ0) is 18.2. The van der Waals surface area contributed by atoms with E-state index in [-0.39, 0.29) is 18.7 Å². The minimum Gasteiger partial charge on any atom is -0.467 e. The lowest BCUT2D eigenvalue weighted by Crippen LogP contribution is -2.36. The molecule has 144 valence electrons. The van der Waals surface area contributed by atoms with Crippen molar-refractivity contribution in [3.63, 3.8) is 0 Å². The van der Waals surface area contributed by atoms with Gasteiger partial charge in [-0.15, -0.1) is 0 Å². The van der Waals surface area contributed by atoms with E-state index in [4.69, 9.17) is 4.74 Å². The molecule has 0 radical (unpaired) electrons. The van der Waals surface area contributed by atoms with E-state index in [0.29, 0.717) is 0 Å². The monoisotopic (exact) mass is 346 g/mol. The van der Waals surface area contributed by atoms with Gasteiger partial charge in [-0.05, 0) is 73.6 Å². The Bertz CT molecular complexity index is 306. The predicted molar refractivity (Wildman–Crippen MR) is 98.5 cm³/mol. The van der Waals surface area contributed by atoms with E-state index < -0.39 is 0 Å². The Hall–Kier alpha value is -0.730.